The Kier molecular flexibility index (Phi) is 7.03. The Balaban J connectivity index is 0.980. The van der Waals surface area contributed by atoms with E-state index in [4.69, 9.17) is 8.83 Å². The minimum atomic E-state index is -0.267. The number of furan rings is 2. The smallest absolute Gasteiger partial charge is 0.143 e. The second kappa shape index (κ2) is 12.2. The van der Waals surface area contributed by atoms with Crippen molar-refractivity contribution >= 4 is 72.1 Å². The van der Waals surface area contributed by atoms with Crippen LogP contribution in [-0.2, 0) is 10.8 Å². The Morgan fingerprint density at radius 3 is 1.73 bits per heavy atom. The minimum absolute atomic E-state index is 0.196. The fraction of sp³-hybridized carbons (Fsp3) is 0.107. The topological polar surface area (TPSA) is 29.5 Å². The fourth-order valence-electron chi connectivity index (χ4n) is 10.6. The van der Waals surface area contributed by atoms with Crippen molar-refractivity contribution in [1.29, 1.82) is 0 Å². The van der Waals surface area contributed by atoms with Crippen LogP contribution >= 0.6 is 0 Å². The Hall–Kier alpha value is -7.10. The van der Waals surface area contributed by atoms with Gasteiger partial charge in [0.05, 0.1) is 0 Å². The van der Waals surface area contributed by atoms with Crippen LogP contribution in [0.25, 0.3) is 77.3 Å². The van der Waals surface area contributed by atoms with E-state index < -0.39 is 0 Å². The van der Waals surface area contributed by atoms with Crippen molar-refractivity contribution < 1.29 is 8.83 Å². The minimum Gasteiger partial charge on any atom is -0.456 e. The molecule has 2 aliphatic rings. The van der Waals surface area contributed by atoms with E-state index in [2.05, 4.69) is 209 Å². The maximum atomic E-state index is 6.96. The van der Waals surface area contributed by atoms with Crippen molar-refractivity contribution in [2.75, 3.05) is 4.90 Å². The monoisotopic (exact) mass is 759 g/mol. The van der Waals surface area contributed by atoms with E-state index in [1.165, 1.54) is 60.7 Å². The molecular formula is C56H41NO2. The third kappa shape index (κ3) is 4.76. The molecule has 2 aromatic heterocycles. The van der Waals surface area contributed by atoms with E-state index in [0.29, 0.717) is 0 Å². The molecule has 0 N–H and O–H groups in total. The predicted octanol–water partition coefficient (Wildman–Crippen LogP) is 15.8. The number of anilines is 3. The SMILES string of the molecule is CC1(C)C2=C(c3c1ccc1oc4c(-c5ccc(N(c6ccccc6)c6ccc(-c7ccccc7)cc6)cc5)cccc4c31)C(C)(C)c1c2ccc2oc3ccccc3c12. The molecule has 10 aromatic rings. The molecule has 0 fully saturated rings. The first kappa shape index (κ1) is 34.0. The van der Waals surface area contributed by atoms with Crippen molar-refractivity contribution in [3.8, 4) is 22.3 Å². The van der Waals surface area contributed by atoms with E-state index in [1.54, 1.807) is 0 Å². The predicted molar refractivity (Wildman–Crippen MR) is 246 cm³/mol. The highest BCUT2D eigenvalue weighted by Gasteiger charge is 2.51. The number of hydrogen-bond acceptors (Lipinski definition) is 3. The van der Waals surface area contributed by atoms with Gasteiger partial charge in [-0.1, -0.05) is 149 Å². The lowest BCUT2D eigenvalue weighted by atomic mass is 9.74. The highest BCUT2D eigenvalue weighted by atomic mass is 16.3. The van der Waals surface area contributed by atoms with Gasteiger partial charge in [0.15, 0.2) is 0 Å². The molecule has 0 amide bonds. The van der Waals surface area contributed by atoms with Crippen LogP contribution in [0.2, 0.25) is 0 Å². The molecule has 0 atom stereocenters. The summed E-state index contributed by atoms with van der Waals surface area (Å²) in [6.07, 6.45) is 0. The van der Waals surface area contributed by atoms with Crippen LogP contribution in [0.5, 0.6) is 0 Å². The lowest BCUT2D eigenvalue weighted by Crippen LogP contribution is -2.19. The number of hydrogen-bond donors (Lipinski definition) is 0. The molecule has 0 bridgehead atoms. The van der Waals surface area contributed by atoms with Gasteiger partial charge < -0.3 is 13.7 Å². The number of rotatable bonds is 5. The maximum Gasteiger partial charge on any atom is 0.143 e. The molecule has 2 heterocycles. The summed E-state index contributed by atoms with van der Waals surface area (Å²) in [5.74, 6) is 0. The zero-order valence-electron chi connectivity index (χ0n) is 33.5. The summed E-state index contributed by atoms with van der Waals surface area (Å²) in [4.78, 5) is 2.32. The zero-order valence-corrected chi connectivity index (χ0v) is 33.5. The molecule has 0 saturated carbocycles. The molecule has 59 heavy (non-hydrogen) atoms. The first-order chi connectivity index (χ1) is 28.8. The number of para-hydroxylation sites is 3. The van der Waals surface area contributed by atoms with Gasteiger partial charge in [-0.15, -0.1) is 0 Å². The first-order valence-corrected chi connectivity index (χ1v) is 20.6. The first-order valence-electron chi connectivity index (χ1n) is 20.6. The summed E-state index contributed by atoms with van der Waals surface area (Å²) >= 11 is 0. The van der Waals surface area contributed by atoms with E-state index in [0.717, 1.165) is 55.9 Å². The zero-order chi connectivity index (χ0) is 39.6. The number of fused-ring (bicyclic) bond motifs is 12. The quantitative estimate of drug-likeness (QED) is 0.175. The van der Waals surface area contributed by atoms with E-state index in [9.17, 15) is 0 Å². The molecule has 0 spiro atoms. The van der Waals surface area contributed by atoms with Gasteiger partial charge in [0.2, 0.25) is 0 Å². The molecule has 0 radical (unpaired) electrons. The third-order valence-corrected chi connectivity index (χ3v) is 13.2. The van der Waals surface area contributed by atoms with Crippen molar-refractivity contribution in [2.24, 2.45) is 0 Å². The Labute approximate surface area is 343 Å². The number of benzene rings is 8. The van der Waals surface area contributed by atoms with Crippen LogP contribution in [0.4, 0.5) is 17.1 Å². The summed E-state index contributed by atoms with van der Waals surface area (Å²) in [7, 11) is 0. The molecule has 0 saturated heterocycles. The molecule has 0 aliphatic heterocycles. The number of allylic oxidation sites excluding steroid dienone is 2. The van der Waals surface area contributed by atoms with Crippen LogP contribution in [0.15, 0.2) is 185 Å². The van der Waals surface area contributed by atoms with Crippen LogP contribution in [0, 0.1) is 0 Å². The molecule has 2 aliphatic carbocycles. The van der Waals surface area contributed by atoms with Crippen LogP contribution in [0.3, 0.4) is 0 Å². The molecule has 12 rings (SSSR count). The van der Waals surface area contributed by atoms with Gasteiger partial charge in [0.1, 0.15) is 22.3 Å². The van der Waals surface area contributed by atoms with E-state index in [-0.39, 0.29) is 10.8 Å². The normalized spacial score (nSPS) is 15.0. The van der Waals surface area contributed by atoms with Crippen molar-refractivity contribution in [3.63, 3.8) is 0 Å². The molecule has 8 aromatic carbocycles. The van der Waals surface area contributed by atoms with E-state index in [1.807, 2.05) is 0 Å². The molecule has 3 heteroatoms. The third-order valence-electron chi connectivity index (χ3n) is 13.2. The van der Waals surface area contributed by atoms with Crippen LogP contribution in [-0.4, -0.2) is 0 Å². The summed E-state index contributed by atoms with van der Waals surface area (Å²) in [5.41, 5.74) is 19.4. The van der Waals surface area contributed by atoms with Gasteiger partial charge in [-0.05, 0) is 105 Å². The lowest BCUT2D eigenvalue weighted by molar-refractivity contribution is 0.664. The van der Waals surface area contributed by atoms with Gasteiger partial charge in [-0.25, -0.2) is 0 Å². The van der Waals surface area contributed by atoms with Crippen LogP contribution in [0.1, 0.15) is 49.9 Å². The Morgan fingerprint density at radius 1 is 0.390 bits per heavy atom. The highest BCUT2D eigenvalue weighted by Crippen LogP contribution is 2.65. The maximum absolute atomic E-state index is 6.96. The average molecular weight is 760 g/mol. The largest absolute Gasteiger partial charge is 0.456 e. The summed E-state index contributed by atoms with van der Waals surface area (Å²) < 4.78 is 13.4. The van der Waals surface area contributed by atoms with E-state index >= 15 is 0 Å². The van der Waals surface area contributed by atoms with Crippen molar-refractivity contribution in [3.05, 3.63) is 198 Å². The van der Waals surface area contributed by atoms with Gasteiger partial charge in [0, 0.05) is 55.0 Å². The summed E-state index contributed by atoms with van der Waals surface area (Å²) in [6, 6.07) is 63.0. The fourth-order valence-corrected chi connectivity index (χ4v) is 10.6. The van der Waals surface area contributed by atoms with Gasteiger partial charge >= 0.3 is 0 Å². The van der Waals surface area contributed by atoms with Gasteiger partial charge in [0.25, 0.3) is 0 Å². The Morgan fingerprint density at radius 2 is 0.983 bits per heavy atom. The van der Waals surface area contributed by atoms with Crippen molar-refractivity contribution in [2.45, 2.75) is 38.5 Å². The molecule has 3 nitrogen and oxygen atoms in total. The van der Waals surface area contributed by atoms with Crippen LogP contribution < -0.4 is 4.90 Å². The molecule has 0 unspecified atom stereocenters. The number of nitrogens with zero attached hydrogens (tertiary/aromatic N) is 1. The highest BCUT2D eigenvalue weighted by molar-refractivity contribution is 6.23. The second-order valence-corrected chi connectivity index (χ2v) is 17.2. The van der Waals surface area contributed by atoms with Crippen molar-refractivity contribution in [1.82, 2.24) is 0 Å². The molecule has 282 valence electrons. The average Bonchev–Trinajstić information content (AvgIpc) is 3.98. The Bertz CT molecular complexity index is 3340. The summed E-state index contributed by atoms with van der Waals surface area (Å²) in [5, 5.41) is 4.78. The summed E-state index contributed by atoms with van der Waals surface area (Å²) in [6.45, 7) is 9.61. The standard InChI is InChI=1S/C56H41NO2/c1-55(2)44-31-33-46-48(50(44)53-52(55)43-30-32-47-49(51(43)56(53,3)4)41-18-11-12-21-45(41)58-47)42-20-13-19-40(54(42)59-46)36-24-28-39(29-25-36)57(37-16-9-6-10-17-37)38-26-22-35(23-27-38)34-14-7-5-8-15-34/h5-33H,1-4H3. The lowest BCUT2D eigenvalue weighted by Gasteiger charge is -2.28. The van der Waals surface area contributed by atoms with Gasteiger partial charge in [-0.3, -0.25) is 0 Å². The molecular weight excluding hydrogens is 719 g/mol. The van der Waals surface area contributed by atoms with Gasteiger partial charge in [-0.2, -0.15) is 0 Å². The second-order valence-electron chi connectivity index (χ2n) is 17.2.